The number of phosphoric ester groups is 1. The Morgan fingerprint density at radius 2 is 2.06 bits per heavy atom. The number of hydrogen-bond donors (Lipinski definition) is 3. The molecule has 1 unspecified atom stereocenters. The van der Waals surface area contributed by atoms with Gasteiger partial charge in [0.1, 0.15) is 6.10 Å². The molecule has 0 aliphatic heterocycles. The fourth-order valence-corrected chi connectivity index (χ4v) is 1.49. The fraction of sp³-hybridized carbons (Fsp3) is 1.00. The quantitative estimate of drug-likeness (QED) is 0.475. The summed E-state index contributed by atoms with van der Waals surface area (Å²) in [6, 6.07) is 0. The van der Waals surface area contributed by atoms with Crippen molar-refractivity contribution in [1.82, 2.24) is 4.90 Å². The molecule has 0 saturated heterocycles. The van der Waals surface area contributed by atoms with Crippen LogP contribution in [0.2, 0.25) is 0 Å². The molecule has 0 bridgehead atoms. The van der Waals surface area contributed by atoms with Crippen molar-refractivity contribution in [3.63, 3.8) is 0 Å². The van der Waals surface area contributed by atoms with Crippen molar-refractivity contribution in [2.75, 3.05) is 40.0 Å². The van der Waals surface area contributed by atoms with E-state index in [0.717, 1.165) is 6.54 Å². The van der Waals surface area contributed by atoms with Crippen molar-refractivity contribution >= 4 is 7.82 Å². The second-order valence-electron chi connectivity index (χ2n) is 3.33. The standard InChI is InChI=1S/C8H20NO6P/c1-3-9(2)4-5-14-16(12,13)15-7-8(11)6-10/h8,10-11H,3-7H2,1-2H3,(H,12,13)/t8-/m1/s1. The minimum absolute atomic E-state index is 0.0628. The largest absolute Gasteiger partial charge is 0.472 e. The van der Waals surface area contributed by atoms with Crippen molar-refractivity contribution < 1.29 is 28.7 Å². The summed E-state index contributed by atoms with van der Waals surface area (Å²) in [5, 5.41) is 17.4. The maximum Gasteiger partial charge on any atom is 0.472 e. The van der Waals surface area contributed by atoms with Crippen LogP contribution >= 0.6 is 7.82 Å². The maximum absolute atomic E-state index is 11.2. The van der Waals surface area contributed by atoms with Crippen molar-refractivity contribution in [3.8, 4) is 0 Å². The zero-order chi connectivity index (χ0) is 12.6. The van der Waals surface area contributed by atoms with Gasteiger partial charge < -0.3 is 20.0 Å². The van der Waals surface area contributed by atoms with E-state index in [1.54, 1.807) is 0 Å². The van der Waals surface area contributed by atoms with E-state index in [-0.39, 0.29) is 6.61 Å². The Morgan fingerprint density at radius 3 is 2.56 bits per heavy atom. The highest BCUT2D eigenvalue weighted by molar-refractivity contribution is 7.47. The van der Waals surface area contributed by atoms with Gasteiger partial charge in [0.25, 0.3) is 0 Å². The van der Waals surface area contributed by atoms with E-state index in [9.17, 15) is 4.57 Å². The molecule has 3 N–H and O–H groups in total. The van der Waals surface area contributed by atoms with E-state index in [1.807, 2.05) is 18.9 Å². The third kappa shape index (κ3) is 8.18. The summed E-state index contributed by atoms with van der Waals surface area (Å²) in [4.78, 5) is 11.0. The average Bonchev–Trinajstić information content (AvgIpc) is 2.25. The third-order valence-electron chi connectivity index (χ3n) is 1.91. The number of aliphatic hydroxyl groups excluding tert-OH is 2. The lowest BCUT2D eigenvalue weighted by Crippen LogP contribution is -2.23. The number of likely N-dealkylation sites (N-methyl/N-ethyl adjacent to an activating group) is 1. The van der Waals surface area contributed by atoms with Crippen LogP contribution in [0.1, 0.15) is 6.92 Å². The van der Waals surface area contributed by atoms with Gasteiger partial charge >= 0.3 is 7.82 Å². The van der Waals surface area contributed by atoms with Crippen molar-refractivity contribution in [1.29, 1.82) is 0 Å². The molecule has 16 heavy (non-hydrogen) atoms. The van der Waals surface area contributed by atoms with Crippen LogP contribution in [0.5, 0.6) is 0 Å². The second kappa shape index (κ2) is 8.14. The smallest absolute Gasteiger partial charge is 0.394 e. The predicted molar refractivity (Wildman–Crippen MR) is 58.0 cm³/mol. The van der Waals surface area contributed by atoms with Gasteiger partial charge in [0.05, 0.1) is 19.8 Å². The lowest BCUT2D eigenvalue weighted by Gasteiger charge is -2.16. The molecule has 0 aromatic rings. The molecule has 98 valence electrons. The highest BCUT2D eigenvalue weighted by Gasteiger charge is 2.22. The molecule has 0 amide bonds. The molecule has 2 atom stereocenters. The molecule has 8 heteroatoms. The lowest BCUT2D eigenvalue weighted by molar-refractivity contribution is 0.0354. The first-order chi connectivity index (χ1) is 7.41. The summed E-state index contributed by atoms with van der Waals surface area (Å²) in [6.07, 6.45) is -1.18. The Bertz CT molecular complexity index is 227. The first-order valence-corrected chi connectivity index (χ1v) is 6.50. The van der Waals surface area contributed by atoms with Crippen LogP contribution < -0.4 is 0 Å². The van der Waals surface area contributed by atoms with Gasteiger partial charge in [-0.05, 0) is 13.6 Å². The van der Waals surface area contributed by atoms with Crippen LogP contribution in [0, 0.1) is 0 Å². The predicted octanol–water partition coefficient (Wildman–Crippen LogP) is -0.575. The highest BCUT2D eigenvalue weighted by atomic mass is 31.2. The van der Waals surface area contributed by atoms with E-state index in [2.05, 4.69) is 9.05 Å². The van der Waals surface area contributed by atoms with Crippen LogP contribution in [-0.4, -0.2) is 66.1 Å². The number of hydrogen-bond acceptors (Lipinski definition) is 6. The summed E-state index contributed by atoms with van der Waals surface area (Å²) >= 11 is 0. The summed E-state index contributed by atoms with van der Waals surface area (Å²) in [5.74, 6) is 0. The fourth-order valence-electron chi connectivity index (χ4n) is 0.740. The molecule has 0 saturated carbocycles. The molecule has 0 aromatic carbocycles. The van der Waals surface area contributed by atoms with Crippen LogP contribution in [-0.2, 0) is 13.6 Å². The molecule has 0 rings (SSSR count). The van der Waals surface area contributed by atoms with Gasteiger partial charge in [-0.15, -0.1) is 0 Å². The second-order valence-corrected chi connectivity index (χ2v) is 4.78. The van der Waals surface area contributed by atoms with E-state index in [4.69, 9.17) is 15.1 Å². The Hall–Kier alpha value is -0.0100. The Balaban J connectivity index is 3.74. The van der Waals surface area contributed by atoms with E-state index >= 15 is 0 Å². The first kappa shape index (κ1) is 16.0. The molecule has 0 radical (unpaired) electrons. The lowest BCUT2D eigenvalue weighted by atomic mass is 10.4. The van der Waals surface area contributed by atoms with Crippen LogP contribution in [0.15, 0.2) is 0 Å². The Labute approximate surface area is 95.2 Å². The summed E-state index contributed by atoms with van der Waals surface area (Å²) in [7, 11) is -2.27. The maximum atomic E-state index is 11.2. The van der Waals surface area contributed by atoms with Gasteiger partial charge in [0.15, 0.2) is 0 Å². The van der Waals surface area contributed by atoms with E-state index in [1.165, 1.54) is 0 Å². The number of rotatable bonds is 9. The zero-order valence-electron chi connectivity index (χ0n) is 9.57. The zero-order valence-corrected chi connectivity index (χ0v) is 10.5. The van der Waals surface area contributed by atoms with Gasteiger partial charge in [-0.2, -0.15) is 0 Å². The summed E-state index contributed by atoms with van der Waals surface area (Å²) in [5.41, 5.74) is 0. The summed E-state index contributed by atoms with van der Waals surface area (Å²) in [6.45, 7) is 2.36. The molecule has 0 fully saturated rings. The minimum Gasteiger partial charge on any atom is -0.394 e. The van der Waals surface area contributed by atoms with Gasteiger partial charge in [-0.1, -0.05) is 6.92 Å². The molecule has 0 heterocycles. The van der Waals surface area contributed by atoms with Crippen LogP contribution in [0.25, 0.3) is 0 Å². The van der Waals surface area contributed by atoms with Crippen LogP contribution in [0.3, 0.4) is 0 Å². The van der Waals surface area contributed by atoms with Crippen molar-refractivity contribution in [2.24, 2.45) is 0 Å². The SMILES string of the molecule is CCN(C)CCOP(=O)(O)OC[C@H](O)CO. The number of nitrogens with zero attached hydrogens (tertiary/aromatic N) is 1. The van der Waals surface area contributed by atoms with Gasteiger partial charge in [-0.3, -0.25) is 9.05 Å². The third-order valence-corrected chi connectivity index (χ3v) is 2.89. The molecular weight excluding hydrogens is 237 g/mol. The van der Waals surface area contributed by atoms with Gasteiger partial charge in [0, 0.05) is 6.54 Å². The molecule has 7 nitrogen and oxygen atoms in total. The highest BCUT2D eigenvalue weighted by Crippen LogP contribution is 2.42. The van der Waals surface area contributed by atoms with E-state index in [0.29, 0.717) is 6.54 Å². The number of aliphatic hydroxyl groups is 2. The van der Waals surface area contributed by atoms with Crippen molar-refractivity contribution in [3.05, 3.63) is 0 Å². The normalized spacial score (nSPS) is 17.4. The topological polar surface area (TPSA) is 99.5 Å². The molecule has 0 aromatic heterocycles. The Morgan fingerprint density at radius 1 is 1.44 bits per heavy atom. The average molecular weight is 257 g/mol. The molecule has 0 aliphatic rings. The first-order valence-electron chi connectivity index (χ1n) is 5.00. The molecule has 0 aliphatic carbocycles. The summed E-state index contributed by atoms with van der Waals surface area (Å²) < 4.78 is 20.3. The minimum atomic E-state index is -4.12. The van der Waals surface area contributed by atoms with E-state index < -0.39 is 27.1 Å². The molecular formula is C8H20NO6P. The van der Waals surface area contributed by atoms with Crippen LogP contribution in [0.4, 0.5) is 0 Å². The molecule has 0 spiro atoms. The Kier molecular flexibility index (Phi) is 8.13. The van der Waals surface area contributed by atoms with Gasteiger partial charge in [0.2, 0.25) is 0 Å². The number of phosphoric acid groups is 1. The van der Waals surface area contributed by atoms with Crippen molar-refractivity contribution in [2.45, 2.75) is 13.0 Å². The van der Waals surface area contributed by atoms with Gasteiger partial charge in [-0.25, -0.2) is 4.57 Å². The monoisotopic (exact) mass is 257 g/mol.